The van der Waals surface area contributed by atoms with Crippen LogP contribution in [0.2, 0.25) is 0 Å². The minimum atomic E-state index is -0.205. The van der Waals surface area contributed by atoms with Gasteiger partial charge in [0, 0.05) is 23.7 Å². The standard InChI is InChI=1S/C22H23N3O2S2/c1-15-8-7-9-16(2)21(15)24-19(26)12-25(3)20(27)14-29-22-23-18(13-28-22)17-10-5-4-6-11-17/h4-11,13H,12,14H2,1-3H3,(H,24,26). The number of benzene rings is 2. The number of likely N-dealkylation sites (N-methyl/N-ethyl adjacent to an activating group) is 1. The number of aromatic nitrogens is 1. The van der Waals surface area contributed by atoms with Gasteiger partial charge < -0.3 is 10.2 Å². The van der Waals surface area contributed by atoms with Crippen molar-refractivity contribution in [3.8, 4) is 11.3 Å². The van der Waals surface area contributed by atoms with Crippen LogP contribution < -0.4 is 5.32 Å². The molecule has 0 aliphatic carbocycles. The third kappa shape index (κ3) is 5.68. The van der Waals surface area contributed by atoms with Gasteiger partial charge in [0.05, 0.1) is 18.0 Å². The van der Waals surface area contributed by atoms with Gasteiger partial charge >= 0.3 is 0 Å². The maximum atomic E-state index is 12.4. The monoisotopic (exact) mass is 425 g/mol. The Morgan fingerprint density at radius 2 is 1.76 bits per heavy atom. The molecule has 0 bridgehead atoms. The Bertz CT molecular complexity index is 982. The lowest BCUT2D eigenvalue weighted by molar-refractivity contribution is -0.131. The summed E-state index contributed by atoms with van der Waals surface area (Å²) >= 11 is 2.91. The SMILES string of the molecule is Cc1cccc(C)c1NC(=O)CN(C)C(=O)CSc1nc(-c2ccccc2)cs1. The average Bonchev–Trinajstić information content (AvgIpc) is 3.19. The van der Waals surface area contributed by atoms with Gasteiger partial charge in [-0.25, -0.2) is 4.98 Å². The van der Waals surface area contributed by atoms with Crippen LogP contribution in [0.4, 0.5) is 5.69 Å². The molecular formula is C22H23N3O2S2. The number of hydrogen-bond acceptors (Lipinski definition) is 5. The molecule has 1 heterocycles. The second kappa shape index (κ2) is 9.71. The number of rotatable bonds is 7. The highest BCUT2D eigenvalue weighted by molar-refractivity contribution is 8.01. The van der Waals surface area contributed by atoms with Crippen molar-refractivity contribution in [1.29, 1.82) is 0 Å². The normalized spacial score (nSPS) is 10.6. The zero-order valence-electron chi connectivity index (χ0n) is 16.6. The molecular weight excluding hydrogens is 402 g/mol. The van der Waals surface area contributed by atoms with Crippen molar-refractivity contribution in [2.75, 3.05) is 24.7 Å². The molecule has 0 atom stereocenters. The van der Waals surface area contributed by atoms with E-state index in [4.69, 9.17) is 0 Å². The lowest BCUT2D eigenvalue weighted by Gasteiger charge is -2.17. The first-order valence-corrected chi connectivity index (χ1v) is 11.0. The molecule has 0 unspecified atom stereocenters. The molecule has 7 heteroatoms. The molecule has 0 saturated carbocycles. The van der Waals surface area contributed by atoms with Crippen LogP contribution in [0.1, 0.15) is 11.1 Å². The first-order chi connectivity index (χ1) is 13.9. The van der Waals surface area contributed by atoms with Crippen LogP contribution in [0.25, 0.3) is 11.3 Å². The maximum Gasteiger partial charge on any atom is 0.243 e. The van der Waals surface area contributed by atoms with Gasteiger partial charge in [0.2, 0.25) is 11.8 Å². The van der Waals surface area contributed by atoms with Gasteiger partial charge in [-0.3, -0.25) is 9.59 Å². The highest BCUT2D eigenvalue weighted by atomic mass is 32.2. The van der Waals surface area contributed by atoms with Gasteiger partial charge in [0.1, 0.15) is 0 Å². The number of hydrogen-bond donors (Lipinski definition) is 1. The molecule has 0 saturated heterocycles. The molecule has 3 rings (SSSR count). The Morgan fingerprint density at radius 1 is 1.07 bits per heavy atom. The highest BCUT2D eigenvalue weighted by Gasteiger charge is 2.16. The summed E-state index contributed by atoms with van der Waals surface area (Å²) in [7, 11) is 1.64. The van der Waals surface area contributed by atoms with Gasteiger partial charge in [0.15, 0.2) is 4.34 Å². The van der Waals surface area contributed by atoms with Gasteiger partial charge in [-0.2, -0.15) is 0 Å². The Balaban J connectivity index is 1.50. The minimum Gasteiger partial charge on any atom is -0.336 e. The van der Waals surface area contributed by atoms with Crippen LogP contribution >= 0.6 is 23.1 Å². The predicted molar refractivity (Wildman–Crippen MR) is 120 cm³/mol. The summed E-state index contributed by atoms with van der Waals surface area (Å²) in [6.45, 7) is 3.91. The van der Waals surface area contributed by atoms with E-state index in [1.807, 2.05) is 67.8 Å². The fourth-order valence-electron chi connectivity index (χ4n) is 2.79. The number of thiazole rings is 1. The summed E-state index contributed by atoms with van der Waals surface area (Å²) in [6, 6.07) is 15.8. The molecule has 0 aliphatic heterocycles. The third-order valence-corrected chi connectivity index (χ3v) is 6.43. The maximum absolute atomic E-state index is 12.4. The Morgan fingerprint density at radius 3 is 2.45 bits per heavy atom. The van der Waals surface area contributed by atoms with E-state index in [0.717, 1.165) is 32.4 Å². The molecule has 3 aromatic rings. The Hall–Kier alpha value is -2.64. The number of anilines is 1. The van der Waals surface area contributed by atoms with Gasteiger partial charge in [-0.1, -0.05) is 60.3 Å². The number of carbonyl (C=O) groups is 2. The molecule has 5 nitrogen and oxygen atoms in total. The van der Waals surface area contributed by atoms with Crippen molar-refractivity contribution in [3.63, 3.8) is 0 Å². The quantitative estimate of drug-likeness (QED) is 0.561. The molecule has 1 aromatic heterocycles. The zero-order chi connectivity index (χ0) is 20.8. The van der Waals surface area contributed by atoms with Crippen LogP contribution in [-0.2, 0) is 9.59 Å². The number of nitrogens with one attached hydrogen (secondary N) is 1. The van der Waals surface area contributed by atoms with E-state index in [0.29, 0.717) is 0 Å². The number of thioether (sulfide) groups is 1. The first kappa shape index (κ1) is 21.1. The molecule has 0 aliphatic rings. The number of amides is 2. The Labute approximate surface area is 179 Å². The van der Waals surface area contributed by atoms with Crippen LogP contribution in [0.3, 0.4) is 0 Å². The van der Waals surface area contributed by atoms with Gasteiger partial charge in [-0.05, 0) is 25.0 Å². The molecule has 2 amide bonds. The summed E-state index contributed by atoms with van der Waals surface area (Å²) < 4.78 is 0.839. The van der Waals surface area contributed by atoms with E-state index in [1.54, 1.807) is 7.05 Å². The first-order valence-electron chi connectivity index (χ1n) is 9.18. The second-order valence-electron chi connectivity index (χ2n) is 6.72. The van der Waals surface area contributed by atoms with E-state index in [9.17, 15) is 9.59 Å². The molecule has 1 N–H and O–H groups in total. The van der Waals surface area contributed by atoms with Crippen molar-refractivity contribution in [2.45, 2.75) is 18.2 Å². The topological polar surface area (TPSA) is 62.3 Å². The second-order valence-corrected chi connectivity index (χ2v) is 8.80. The predicted octanol–water partition coefficient (Wildman–Crippen LogP) is 4.62. The summed E-state index contributed by atoms with van der Waals surface area (Å²) in [6.07, 6.45) is 0. The van der Waals surface area contributed by atoms with E-state index in [1.165, 1.54) is 28.0 Å². The van der Waals surface area contributed by atoms with E-state index < -0.39 is 0 Å². The van der Waals surface area contributed by atoms with E-state index in [2.05, 4.69) is 10.3 Å². The van der Waals surface area contributed by atoms with Crippen LogP contribution in [-0.4, -0.2) is 41.0 Å². The van der Waals surface area contributed by atoms with Crippen LogP contribution in [0.15, 0.2) is 58.3 Å². The molecule has 0 fully saturated rings. The Kier molecular flexibility index (Phi) is 7.06. The van der Waals surface area contributed by atoms with Crippen LogP contribution in [0.5, 0.6) is 0 Å². The van der Waals surface area contributed by atoms with Crippen molar-refractivity contribution >= 4 is 40.6 Å². The highest BCUT2D eigenvalue weighted by Crippen LogP contribution is 2.28. The van der Waals surface area contributed by atoms with Crippen molar-refractivity contribution in [1.82, 2.24) is 9.88 Å². The average molecular weight is 426 g/mol. The number of para-hydroxylation sites is 1. The molecule has 0 radical (unpaired) electrons. The van der Waals surface area contributed by atoms with Crippen molar-refractivity contribution < 1.29 is 9.59 Å². The molecule has 150 valence electrons. The van der Waals surface area contributed by atoms with Crippen LogP contribution in [0, 0.1) is 13.8 Å². The lowest BCUT2D eigenvalue weighted by atomic mass is 10.1. The molecule has 2 aromatic carbocycles. The van der Waals surface area contributed by atoms with Crippen molar-refractivity contribution in [3.05, 3.63) is 65.0 Å². The number of nitrogens with zero attached hydrogens (tertiary/aromatic N) is 2. The zero-order valence-corrected chi connectivity index (χ0v) is 18.3. The summed E-state index contributed by atoms with van der Waals surface area (Å²) in [5, 5.41) is 4.90. The van der Waals surface area contributed by atoms with Gasteiger partial charge in [0.25, 0.3) is 0 Å². The van der Waals surface area contributed by atoms with E-state index >= 15 is 0 Å². The fourth-order valence-corrected chi connectivity index (χ4v) is 4.57. The lowest BCUT2D eigenvalue weighted by Crippen LogP contribution is -2.36. The minimum absolute atomic E-state index is 0.0142. The van der Waals surface area contributed by atoms with E-state index in [-0.39, 0.29) is 24.1 Å². The molecule has 29 heavy (non-hydrogen) atoms. The van der Waals surface area contributed by atoms with Crippen molar-refractivity contribution in [2.24, 2.45) is 0 Å². The number of carbonyl (C=O) groups excluding carboxylic acids is 2. The molecule has 0 spiro atoms. The largest absolute Gasteiger partial charge is 0.336 e. The summed E-state index contributed by atoms with van der Waals surface area (Å²) in [5.41, 5.74) is 4.78. The number of aryl methyl sites for hydroxylation is 2. The third-order valence-electron chi connectivity index (χ3n) is 4.42. The fraction of sp³-hybridized carbons (Fsp3) is 0.227. The smallest absolute Gasteiger partial charge is 0.243 e. The summed E-state index contributed by atoms with van der Waals surface area (Å²) in [4.78, 5) is 30.8. The summed E-state index contributed by atoms with van der Waals surface area (Å²) in [5.74, 6) is -0.0680. The van der Waals surface area contributed by atoms with Gasteiger partial charge in [-0.15, -0.1) is 11.3 Å².